The predicted molar refractivity (Wildman–Crippen MR) is 70.9 cm³/mol. The van der Waals surface area contributed by atoms with Gasteiger partial charge in [-0.15, -0.1) is 0 Å². The number of thioether (sulfide) groups is 1. The molecule has 1 saturated heterocycles. The van der Waals surface area contributed by atoms with Gasteiger partial charge in [0.15, 0.2) is 0 Å². The van der Waals surface area contributed by atoms with Gasteiger partial charge in [0.1, 0.15) is 6.04 Å². The second-order valence-electron chi connectivity index (χ2n) is 5.39. The van der Waals surface area contributed by atoms with Crippen LogP contribution in [-0.4, -0.2) is 46.8 Å². The number of nitrogens with zero attached hydrogens (tertiary/aromatic N) is 1. The SMILES string of the molecule is CSC(C)(C)CN1C(=O)CNC(=O)C1C(C)C. The molecule has 0 saturated carbocycles. The van der Waals surface area contributed by atoms with Crippen LogP contribution in [0.15, 0.2) is 0 Å². The van der Waals surface area contributed by atoms with Crippen molar-refractivity contribution in [3.8, 4) is 0 Å². The molecular formula is C12H22N2O2S. The minimum atomic E-state index is -0.331. The smallest absolute Gasteiger partial charge is 0.243 e. The minimum Gasteiger partial charge on any atom is -0.345 e. The van der Waals surface area contributed by atoms with E-state index in [1.807, 2.05) is 20.1 Å². The zero-order chi connectivity index (χ0) is 13.2. The molecule has 1 unspecified atom stereocenters. The monoisotopic (exact) mass is 258 g/mol. The van der Waals surface area contributed by atoms with Gasteiger partial charge in [0, 0.05) is 11.3 Å². The first-order valence-electron chi connectivity index (χ1n) is 5.91. The molecular weight excluding hydrogens is 236 g/mol. The number of hydrogen-bond donors (Lipinski definition) is 1. The van der Waals surface area contributed by atoms with Crippen LogP contribution in [0.5, 0.6) is 0 Å². The summed E-state index contributed by atoms with van der Waals surface area (Å²) in [4.78, 5) is 25.5. The Labute approximate surface area is 108 Å². The van der Waals surface area contributed by atoms with E-state index in [1.165, 1.54) is 0 Å². The molecule has 0 bridgehead atoms. The Bertz CT molecular complexity index is 316. The first kappa shape index (κ1) is 14.4. The third-order valence-corrected chi connectivity index (χ3v) is 4.31. The lowest BCUT2D eigenvalue weighted by Crippen LogP contribution is -2.62. The molecule has 4 nitrogen and oxygen atoms in total. The van der Waals surface area contributed by atoms with Crippen LogP contribution in [-0.2, 0) is 9.59 Å². The third-order valence-electron chi connectivity index (χ3n) is 3.07. The van der Waals surface area contributed by atoms with Gasteiger partial charge in [0.25, 0.3) is 0 Å². The van der Waals surface area contributed by atoms with Crippen molar-refractivity contribution < 1.29 is 9.59 Å². The summed E-state index contributed by atoms with van der Waals surface area (Å²) in [6.45, 7) is 8.88. The Kier molecular flexibility index (Phi) is 4.47. The van der Waals surface area contributed by atoms with Gasteiger partial charge in [-0.2, -0.15) is 11.8 Å². The molecule has 0 radical (unpaired) electrons. The molecule has 0 aromatic carbocycles. The molecule has 0 aliphatic carbocycles. The molecule has 0 spiro atoms. The Morgan fingerprint density at radius 1 is 1.47 bits per heavy atom. The molecule has 98 valence electrons. The summed E-state index contributed by atoms with van der Waals surface area (Å²) in [6.07, 6.45) is 2.03. The summed E-state index contributed by atoms with van der Waals surface area (Å²) in [5.74, 6) is 0.124. The van der Waals surface area contributed by atoms with Crippen molar-refractivity contribution in [3.63, 3.8) is 0 Å². The highest BCUT2D eigenvalue weighted by Gasteiger charge is 2.38. The van der Waals surface area contributed by atoms with Crippen LogP contribution in [0, 0.1) is 5.92 Å². The number of hydrogen-bond acceptors (Lipinski definition) is 3. The number of carbonyl (C=O) groups is 2. The van der Waals surface area contributed by atoms with Gasteiger partial charge in [-0.1, -0.05) is 13.8 Å². The summed E-state index contributed by atoms with van der Waals surface area (Å²) in [5, 5.41) is 2.66. The van der Waals surface area contributed by atoms with Crippen LogP contribution in [0.3, 0.4) is 0 Å². The normalized spacial score (nSPS) is 22.0. The van der Waals surface area contributed by atoms with Crippen molar-refractivity contribution >= 4 is 23.6 Å². The molecule has 5 heteroatoms. The van der Waals surface area contributed by atoms with Crippen LogP contribution < -0.4 is 5.32 Å². The standard InChI is InChI=1S/C12H22N2O2S/c1-8(2)10-11(16)13-6-9(15)14(10)7-12(3,4)17-5/h8,10H,6-7H2,1-5H3,(H,13,16). The molecule has 1 heterocycles. The quantitative estimate of drug-likeness (QED) is 0.822. The number of carbonyl (C=O) groups excluding carboxylic acids is 2. The summed E-state index contributed by atoms with van der Waals surface area (Å²) in [7, 11) is 0. The molecule has 1 rings (SSSR count). The summed E-state index contributed by atoms with van der Waals surface area (Å²) >= 11 is 1.71. The van der Waals surface area contributed by atoms with Gasteiger partial charge in [-0.25, -0.2) is 0 Å². The average Bonchev–Trinajstić information content (AvgIpc) is 2.23. The lowest BCUT2D eigenvalue weighted by Gasteiger charge is -2.41. The molecule has 1 fully saturated rings. The maximum absolute atomic E-state index is 12.0. The van der Waals surface area contributed by atoms with Crippen LogP contribution >= 0.6 is 11.8 Å². The average molecular weight is 258 g/mol. The highest BCUT2D eigenvalue weighted by atomic mass is 32.2. The zero-order valence-electron chi connectivity index (χ0n) is 11.2. The van der Waals surface area contributed by atoms with Crippen molar-refractivity contribution in [2.45, 2.75) is 38.5 Å². The van der Waals surface area contributed by atoms with Gasteiger partial charge in [0.05, 0.1) is 6.54 Å². The summed E-state index contributed by atoms with van der Waals surface area (Å²) < 4.78 is -0.0274. The van der Waals surface area contributed by atoms with Crippen molar-refractivity contribution in [2.75, 3.05) is 19.3 Å². The van der Waals surface area contributed by atoms with Gasteiger partial charge in [-0.05, 0) is 26.0 Å². The molecule has 0 aromatic heterocycles. The van der Waals surface area contributed by atoms with E-state index < -0.39 is 0 Å². The Hall–Kier alpha value is -0.710. The third kappa shape index (κ3) is 3.37. The van der Waals surface area contributed by atoms with Crippen molar-refractivity contribution in [3.05, 3.63) is 0 Å². The molecule has 2 amide bonds. The van der Waals surface area contributed by atoms with E-state index in [2.05, 4.69) is 19.2 Å². The number of nitrogens with one attached hydrogen (secondary N) is 1. The van der Waals surface area contributed by atoms with E-state index in [0.717, 1.165) is 0 Å². The van der Waals surface area contributed by atoms with Crippen LogP contribution in [0.1, 0.15) is 27.7 Å². The second-order valence-corrected chi connectivity index (χ2v) is 6.91. The topological polar surface area (TPSA) is 49.4 Å². The molecule has 1 aliphatic heterocycles. The minimum absolute atomic E-state index is 0.0189. The molecule has 17 heavy (non-hydrogen) atoms. The first-order valence-corrected chi connectivity index (χ1v) is 7.13. The van der Waals surface area contributed by atoms with E-state index in [1.54, 1.807) is 16.7 Å². The van der Waals surface area contributed by atoms with Gasteiger partial charge < -0.3 is 10.2 Å². The molecule has 1 aliphatic rings. The second kappa shape index (κ2) is 5.29. The largest absolute Gasteiger partial charge is 0.345 e. The maximum atomic E-state index is 12.0. The fourth-order valence-electron chi connectivity index (χ4n) is 1.99. The fourth-order valence-corrected chi connectivity index (χ4v) is 2.26. The number of piperazine rings is 1. The van der Waals surface area contributed by atoms with Crippen molar-refractivity contribution in [1.82, 2.24) is 10.2 Å². The van der Waals surface area contributed by atoms with E-state index >= 15 is 0 Å². The fraction of sp³-hybridized carbons (Fsp3) is 0.833. The van der Waals surface area contributed by atoms with Gasteiger partial charge >= 0.3 is 0 Å². The van der Waals surface area contributed by atoms with Gasteiger partial charge in [-0.3, -0.25) is 9.59 Å². The highest BCUT2D eigenvalue weighted by molar-refractivity contribution is 7.99. The Morgan fingerprint density at radius 2 is 2.06 bits per heavy atom. The van der Waals surface area contributed by atoms with Crippen molar-refractivity contribution in [2.24, 2.45) is 5.92 Å². The highest BCUT2D eigenvalue weighted by Crippen LogP contribution is 2.26. The summed E-state index contributed by atoms with van der Waals surface area (Å²) in [6, 6.07) is -0.331. The number of amides is 2. The lowest BCUT2D eigenvalue weighted by atomic mass is 9.98. The maximum Gasteiger partial charge on any atom is 0.243 e. The lowest BCUT2D eigenvalue weighted by molar-refractivity contribution is -0.147. The zero-order valence-corrected chi connectivity index (χ0v) is 12.1. The molecule has 1 N–H and O–H groups in total. The Morgan fingerprint density at radius 3 is 2.53 bits per heavy atom. The Balaban J connectivity index is 2.90. The van der Waals surface area contributed by atoms with Crippen LogP contribution in [0.2, 0.25) is 0 Å². The predicted octanol–water partition coefficient (Wildman–Crippen LogP) is 1.11. The number of rotatable bonds is 4. The summed E-state index contributed by atoms with van der Waals surface area (Å²) in [5.41, 5.74) is 0. The molecule has 0 aromatic rings. The van der Waals surface area contributed by atoms with E-state index in [0.29, 0.717) is 6.54 Å². The first-order chi connectivity index (χ1) is 7.78. The van der Waals surface area contributed by atoms with E-state index in [4.69, 9.17) is 0 Å². The molecule has 1 atom stereocenters. The van der Waals surface area contributed by atoms with Crippen LogP contribution in [0.4, 0.5) is 0 Å². The van der Waals surface area contributed by atoms with E-state index in [9.17, 15) is 9.59 Å². The van der Waals surface area contributed by atoms with Gasteiger partial charge in [0.2, 0.25) is 11.8 Å². The van der Waals surface area contributed by atoms with E-state index in [-0.39, 0.29) is 35.1 Å². The van der Waals surface area contributed by atoms with Crippen molar-refractivity contribution in [1.29, 1.82) is 0 Å². The van der Waals surface area contributed by atoms with Crippen LogP contribution in [0.25, 0.3) is 0 Å².